The Labute approximate surface area is 200 Å². The van der Waals surface area contributed by atoms with Gasteiger partial charge in [-0.2, -0.15) is 5.10 Å². The third-order valence-electron chi connectivity index (χ3n) is 4.45. The molecule has 0 bridgehead atoms. The van der Waals surface area contributed by atoms with Crippen molar-refractivity contribution in [1.29, 1.82) is 0 Å². The van der Waals surface area contributed by atoms with Gasteiger partial charge in [-0.15, -0.1) is 24.0 Å². The summed E-state index contributed by atoms with van der Waals surface area (Å²) in [5.74, 6) is 2.95. The van der Waals surface area contributed by atoms with E-state index in [1.165, 1.54) is 6.33 Å². The predicted molar refractivity (Wildman–Crippen MR) is 132 cm³/mol. The molecule has 0 aliphatic heterocycles. The molecule has 0 saturated heterocycles. The number of aromatic nitrogens is 3. The van der Waals surface area contributed by atoms with Crippen LogP contribution in [0, 0.1) is 0 Å². The Morgan fingerprint density at radius 2 is 1.87 bits per heavy atom. The summed E-state index contributed by atoms with van der Waals surface area (Å²) in [5, 5.41) is 10.6. The summed E-state index contributed by atoms with van der Waals surface area (Å²) >= 11 is 0. The van der Waals surface area contributed by atoms with Crippen LogP contribution in [0.2, 0.25) is 0 Å². The van der Waals surface area contributed by atoms with Gasteiger partial charge in [-0.25, -0.2) is 9.98 Å². The van der Waals surface area contributed by atoms with Gasteiger partial charge in [0.2, 0.25) is 0 Å². The van der Waals surface area contributed by atoms with Crippen LogP contribution in [0.3, 0.4) is 0 Å². The molecule has 0 saturated carbocycles. The first-order valence-corrected chi connectivity index (χ1v) is 9.88. The average molecular weight is 536 g/mol. The monoisotopic (exact) mass is 536 g/mol. The molecule has 166 valence electrons. The molecule has 0 unspecified atom stereocenters. The minimum absolute atomic E-state index is 0. The van der Waals surface area contributed by atoms with Gasteiger partial charge in [0.25, 0.3) is 0 Å². The zero-order chi connectivity index (χ0) is 21.2. The first-order valence-electron chi connectivity index (χ1n) is 9.88. The number of benzene rings is 2. The lowest BCUT2D eigenvalue weighted by Gasteiger charge is -2.13. The first kappa shape index (κ1) is 24.4. The number of nitrogens with zero attached hydrogens (tertiary/aromatic N) is 4. The van der Waals surface area contributed by atoms with Gasteiger partial charge in [-0.05, 0) is 30.2 Å². The SMILES string of the molecule is CCNC(=NCc1ccc(OCc2ccccc2)c(OC)c1)NCc1ncnn1C.I. The quantitative estimate of drug-likeness (QED) is 0.248. The van der Waals surface area contributed by atoms with Crippen molar-refractivity contribution in [2.24, 2.45) is 12.0 Å². The summed E-state index contributed by atoms with van der Waals surface area (Å²) in [5.41, 5.74) is 2.13. The van der Waals surface area contributed by atoms with Crippen LogP contribution < -0.4 is 20.1 Å². The fourth-order valence-electron chi connectivity index (χ4n) is 2.82. The maximum absolute atomic E-state index is 5.92. The van der Waals surface area contributed by atoms with Crippen LogP contribution in [0.4, 0.5) is 0 Å². The summed E-state index contributed by atoms with van der Waals surface area (Å²) in [6.45, 7) is 4.33. The normalized spacial score (nSPS) is 10.9. The van der Waals surface area contributed by atoms with Gasteiger partial charge < -0.3 is 20.1 Å². The van der Waals surface area contributed by atoms with Gasteiger partial charge in [-0.1, -0.05) is 36.4 Å². The van der Waals surface area contributed by atoms with Gasteiger partial charge >= 0.3 is 0 Å². The zero-order valence-corrected chi connectivity index (χ0v) is 20.4. The Hall–Kier alpha value is -2.82. The summed E-state index contributed by atoms with van der Waals surface area (Å²) < 4.78 is 13.2. The van der Waals surface area contributed by atoms with Crippen molar-refractivity contribution in [2.75, 3.05) is 13.7 Å². The van der Waals surface area contributed by atoms with Crippen LogP contribution in [0.25, 0.3) is 0 Å². The second-order valence-corrected chi connectivity index (χ2v) is 6.61. The minimum atomic E-state index is 0. The number of aryl methyl sites for hydroxylation is 1. The third kappa shape index (κ3) is 7.42. The second kappa shape index (κ2) is 12.8. The fraction of sp³-hybridized carbons (Fsp3) is 0.318. The molecule has 0 aliphatic carbocycles. The third-order valence-corrected chi connectivity index (χ3v) is 4.45. The molecule has 1 heterocycles. The second-order valence-electron chi connectivity index (χ2n) is 6.61. The smallest absolute Gasteiger partial charge is 0.191 e. The summed E-state index contributed by atoms with van der Waals surface area (Å²) in [6.07, 6.45) is 1.54. The Balaban J connectivity index is 0.00000341. The number of hydrogen-bond donors (Lipinski definition) is 2. The highest BCUT2D eigenvalue weighted by Crippen LogP contribution is 2.29. The lowest BCUT2D eigenvalue weighted by molar-refractivity contribution is 0.284. The molecular formula is C22H29IN6O2. The lowest BCUT2D eigenvalue weighted by Crippen LogP contribution is -2.37. The summed E-state index contributed by atoms with van der Waals surface area (Å²) in [4.78, 5) is 8.87. The van der Waals surface area contributed by atoms with Crippen molar-refractivity contribution >= 4 is 29.9 Å². The molecule has 0 fully saturated rings. The van der Waals surface area contributed by atoms with Gasteiger partial charge in [0.15, 0.2) is 17.5 Å². The van der Waals surface area contributed by atoms with E-state index in [9.17, 15) is 0 Å². The minimum Gasteiger partial charge on any atom is -0.493 e. The van der Waals surface area contributed by atoms with Crippen molar-refractivity contribution in [1.82, 2.24) is 25.4 Å². The van der Waals surface area contributed by atoms with E-state index in [0.29, 0.717) is 37.2 Å². The summed E-state index contributed by atoms with van der Waals surface area (Å²) in [7, 11) is 3.51. The molecule has 0 spiro atoms. The van der Waals surface area contributed by atoms with E-state index in [0.717, 1.165) is 23.5 Å². The maximum Gasteiger partial charge on any atom is 0.191 e. The van der Waals surface area contributed by atoms with Crippen molar-refractivity contribution in [3.63, 3.8) is 0 Å². The fourth-order valence-corrected chi connectivity index (χ4v) is 2.82. The Morgan fingerprint density at radius 3 is 2.55 bits per heavy atom. The molecule has 0 amide bonds. The number of guanidine groups is 1. The van der Waals surface area contributed by atoms with E-state index in [1.807, 2.05) is 62.5 Å². The Kier molecular flexibility index (Phi) is 10.1. The van der Waals surface area contributed by atoms with E-state index < -0.39 is 0 Å². The number of ether oxygens (including phenoxy) is 2. The van der Waals surface area contributed by atoms with Crippen LogP contribution in [-0.2, 0) is 26.7 Å². The number of rotatable bonds is 9. The molecule has 1 aromatic heterocycles. The van der Waals surface area contributed by atoms with E-state index >= 15 is 0 Å². The van der Waals surface area contributed by atoms with Crippen LogP contribution in [0.15, 0.2) is 59.9 Å². The molecule has 9 heteroatoms. The van der Waals surface area contributed by atoms with Crippen molar-refractivity contribution in [3.8, 4) is 11.5 Å². The van der Waals surface area contributed by atoms with E-state index in [-0.39, 0.29) is 24.0 Å². The molecule has 3 aromatic rings. The van der Waals surface area contributed by atoms with E-state index in [2.05, 4.69) is 25.7 Å². The molecule has 0 radical (unpaired) electrons. The number of halogens is 1. The molecule has 0 atom stereocenters. The average Bonchev–Trinajstić information content (AvgIpc) is 3.19. The van der Waals surface area contributed by atoms with Crippen LogP contribution in [0.1, 0.15) is 23.9 Å². The van der Waals surface area contributed by atoms with Gasteiger partial charge in [-0.3, -0.25) is 4.68 Å². The van der Waals surface area contributed by atoms with Gasteiger partial charge in [0, 0.05) is 13.6 Å². The molecule has 2 aromatic carbocycles. The Bertz CT molecular complexity index is 962. The van der Waals surface area contributed by atoms with Crippen molar-refractivity contribution in [3.05, 3.63) is 71.8 Å². The van der Waals surface area contributed by atoms with Crippen LogP contribution >= 0.6 is 24.0 Å². The predicted octanol–water partition coefficient (Wildman–Crippen LogP) is 3.28. The van der Waals surface area contributed by atoms with Crippen molar-refractivity contribution < 1.29 is 9.47 Å². The molecule has 8 nitrogen and oxygen atoms in total. The first-order chi connectivity index (χ1) is 14.7. The Morgan fingerprint density at radius 1 is 1.06 bits per heavy atom. The van der Waals surface area contributed by atoms with Crippen LogP contribution in [-0.4, -0.2) is 34.4 Å². The van der Waals surface area contributed by atoms with Gasteiger partial charge in [0.05, 0.1) is 20.2 Å². The largest absolute Gasteiger partial charge is 0.493 e. The van der Waals surface area contributed by atoms with Crippen LogP contribution in [0.5, 0.6) is 11.5 Å². The zero-order valence-electron chi connectivity index (χ0n) is 18.0. The molecule has 31 heavy (non-hydrogen) atoms. The van der Waals surface area contributed by atoms with Crippen molar-refractivity contribution in [2.45, 2.75) is 26.6 Å². The van der Waals surface area contributed by atoms with Gasteiger partial charge in [0.1, 0.15) is 18.8 Å². The van der Waals surface area contributed by atoms with E-state index in [4.69, 9.17) is 9.47 Å². The standard InChI is InChI=1S/C22H28N6O2.HI/c1-4-23-22(25-14-21-26-16-27-28(21)2)24-13-18-10-11-19(20(12-18)29-3)30-15-17-8-6-5-7-9-17;/h5-12,16H,4,13-15H2,1-3H3,(H2,23,24,25);1H. The highest BCUT2D eigenvalue weighted by atomic mass is 127. The highest BCUT2D eigenvalue weighted by molar-refractivity contribution is 14.0. The molecule has 3 rings (SSSR count). The number of hydrogen-bond acceptors (Lipinski definition) is 5. The topological polar surface area (TPSA) is 85.6 Å². The lowest BCUT2D eigenvalue weighted by atomic mass is 10.2. The highest BCUT2D eigenvalue weighted by Gasteiger charge is 2.07. The number of aliphatic imine (C=N–C) groups is 1. The summed E-state index contributed by atoms with van der Waals surface area (Å²) in [6, 6.07) is 15.9. The molecular weight excluding hydrogens is 507 g/mol. The number of methoxy groups -OCH3 is 1. The maximum atomic E-state index is 5.92. The molecule has 0 aliphatic rings. The molecule has 2 N–H and O–H groups in total. The van der Waals surface area contributed by atoms with E-state index in [1.54, 1.807) is 11.8 Å². The number of nitrogens with one attached hydrogen (secondary N) is 2.